The molecule has 0 unspecified atom stereocenters. The summed E-state index contributed by atoms with van der Waals surface area (Å²) < 4.78 is 0. The average molecular weight is 299 g/mol. The minimum absolute atomic E-state index is 0.110. The summed E-state index contributed by atoms with van der Waals surface area (Å²) in [4.78, 5) is 24.8. The van der Waals surface area contributed by atoms with Crippen molar-refractivity contribution >= 4 is 12.0 Å². The number of nitrogens with zero attached hydrogens (tertiary/aromatic N) is 1. The molecule has 0 heterocycles. The Morgan fingerprint density at radius 2 is 1.90 bits per heavy atom. The van der Waals surface area contributed by atoms with Crippen LogP contribution in [0.1, 0.15) is 44.9 Å². The number of hydrogen-bond donors (Lipinski definition) is 3. The van der Waals surface area contributed by atoms with E-state index in [9.17, 15) is 9.59 Å². The van der Waals surface area contributed by atoms with E-state index in [4.69, 9.17) is 5.11 Å². The van der Waals surface area contributed by atoms with Crippen LogP contribution in [0.3, 0.4) is 0 Å². The highest BCUT2D eigenvalue weighted by Crippen LogP contribution is 2.38. The lowest BCUT2D eigenvalue weighted by Gasteiger charge is -2.36. The van der Waals surface area contributed by atoms with Gasteiger partial charge >= 0.3 is 12.0 Å². The van der Waals surface area contributed by atoms with E-state index in [-0.39, 0.29) is 17.9 Å². The van der Waals surface area contributed by atoms with E-state index < -0.39 is 5.97 Å². The van der Waals surface area contributed by atoms with E-state index in [1.54, 1.807) is 11.9 Å². The van der Waals surface area contributed by atoms with Gasteiger partial charge in [0.05, 0.1) is 6.42 Å². The number of aliphatic carboxylic acids is 1. The third-order valence-corrected chi connectivity index (χ3v) is 4.32. The molecule has 6 nitrogen and oxygen atoms in total. The first kappa shape index (κ1) is 17.8. The summed E-state index contributed by atoms with van der Waals surface area (Å²) in [7, 11) is 3.66. The molecule has 1 saturated carbocycles. The molecule has 3 N–H and O–H groups in total. The number of carbonyl (C=O) groups excluding carboxylic acids is 1. The van der Waals surface area contributed by atoms with Crippen LogP contribution < -0.4 is 10.6 Å². The summed E-state index contributed by atoms with van der Waals surface area (Å²) in [5, 5.41) is 15.1. The van der Waals surface area contributed by atoms with Crippen LogP contribution in [0, 0.1) is 5.41 Å². The normalized spacial score (nSPS) is 17.2. The maximum Gasteiger partial charge on any atom is 0.317 e. The first-order valence-corrected chi connectivity index (χ1v) is 7.84. The topological polar surface area (TPSA) is 81.7 Å². The molecular formula is C15H29N3O3. The van der Waals surface area contributed by atoms with Gasteiger partial charge < -0.3 is 20.6 Å². The zero-order valence-electron chi connectivity index (χ0n) is 13.3. The molecule has 0 aromatic rings. The molecule has 6 heteroatoms. The first-order chi connectivity index (χ1) is 9.99. The zero-order chi connectivity index (χ0) is 15.7. The monoisotopic (exact) mass is 299 g/mol. The van der Waals surface area contributed by atoms with Crippen molar-refractivity contribution in [2.45, 2.75) is 44.9 Å². The fourth-order valence-corrected chi connectivity index (χ4v) is 3.03. The van der Waals surface area contributed by atoms with Crippen LogP contribution in [0.5, 0.6) is 0 Å². The second-order valence-electron chi connectivity index (χ2n) is 6.17. The third kappa shape index (κ3) is 6.33. The van der Waals surface area contributed by atoms with Crippen molar-refractivity contribution in [3.63, 3.8) is 0 Å². The van der Waals surface area contributed by atoms with Gasteiger partial charge in [0.25, 0.3) is 0 Å². The Hall–Kier alpha value is -1.30. The quantitative estimate of drug-likeness (QED) is 0.595. The summed E-state index contributed by atoms with van der Waals surface area (Å²) in [6.45, 7) is 2.04. The largest absolute Gasteiger partial charge is 0.481 e. The lowest BCUT2D eigenvalue weighted by Crippen LogP contribution is -2.45. The molecule has 0 saturated heterocycles. The minimum Gasteiger partial charge on any atom is -0.481 e. The predicted molar refractivity (Wildman–Crippen MR) is 82.3 cm³/mol. The van der Waals surface area contributed by atoms with Gasteiger partial charge in [0.1, 0.15) is 0 Å². The minimum atomic E-state index is -0.770. The standard InChI is InChI=1S/C15H29N3O3/c1-16-9-6-10-18(2)14(21)17-12-15(11-13(19)20)7-4-3-5-8-15/h16H,3-12H2,1-2H3,(H,17,21)(H,19,20). The summed E-state index contributed by atoms with van der Waals surface area (Å²) in [6.07, 6.45) is 6.12. The molecular weight excluding hydrogens is 270 g/mol. The van der Waals surface area contributed by atoms with Crippen LogP contribution in [0.4, 0.5) is 4.79 Å². The molecule has 0 atom stereocenters. The fourth-order valence-electron chi connectivity index (χ4n) is 3.03. The van der Waals surface area contributed by atoms with Crippen LogP contribution in [0.2, 0.25) is 0 Å². The molecule has 1 fully saturated rings. The van der Waals surface area contributed by atoms with Crippen molar-refractivity contribution in [3.8, 4) is 0 Å². The van der Waals surface area contributed by atoms with Gasteiger partial charge in [-0.05, 0) is 38.3 Å². The number of amides is 2. The van der Waals surface area contributed by atoms with E-state index in [0.29, 0.717) is 13.1 Å². The van der Waals surface area contributed by atoms with Crippen molar-refractivity contribution in [3.05, 3.63) is 0 Å². The Kier molecular flexibility index (Phi) is 7.50. The molecule has 1 aliphatic rings. The number of hydrogen-bond acceptors (Lipinski definition) is 3. The Labute approximate surface area is 127 Å². The van der Waals surface area contributed by atoms with E-state index in [2.05, 4.69) is 10.6 Å². The average Bonchev–Trinajstić information content (AvgIpc) is 2.45. The van der Waals surface area contributed by atoms with Crippen molar-refractivity contribution in [2.75, 3.05) is 33.7 Å². The van der Waals surface area contributed by atoms with Gasteiger partial charge in [-0.25, -0.2) is 4.79 Å². The molecule has 2 amide bonds. The van der Waals surface area contributed by atoms with E-state index in [0.717, 1.165) is 38.6 Å². The van der Waals surface area contributed by atoms with Gasteiger partial charge in [0.15, 0.2) is 0 Å². The Morgan fingerprint density at radius 3 is 2.48 bits per heavy atom. The first-order valence-electron chi connectivity index (χ1n) is 7.84. The van der Waals surface area contributed by atoms with Gasteiger partial charge in [-0.1, -0.05) is 19.3 Å². The van der Waals surface area contributed by atoms with E-state index >= 15 is 0 Å². The maximum absolute atomic E-state index is 12.1. The highest BCUT2D eigenvalue weighted by atomic mass is 16.4. The van der Waals surface area contributed by atoms with Gasteiger partial charge in [-0.2, -0.15) is 0 Å². The van der Waals surface area contributed by atoms with Crippen LogP contribution in [0.25, 0.3) is 0 Å². The van der Waals surface area contributed by atoms with Gasteiger partial charge in [-0.15, -0.1) is 0 Å². The third-order valence-electron chi connectivity index (χ3n) is 4.32. The summed E-state index contributed by atoms with van der Waals surface area (Å²) in [5.74, 6) is -0.770. The fraction of sp³-hybridized carbons (Fsp3) is 0.867. The van der Waals surface area contributed by atoms with Crippen LogP contribution in [0.15, 0.2) is 0 Å². The molecule has 0 spiro atoms. The second kappa shape index (κ2) is 8.87. The highest BCUT2D eigenvalue weighted by molar-refractivity contribution is 5.74. The number of carboxylic acids is 1. The Bertz CT molecular complexity index is 341. The van der Waals surface area contributed by atoms with Gasteiger partial charge in [-0.3, -0.25) is 4.79 Å². The number of carbonyl (C=O) groups is 2. The van der Waals surface area contributed by atoms with Crippen molar-refractivity contribution in [2.24, 2.45) is 5.41 Å². The molecule has 1 aliphatic carbocycles. The second-order valence-corrected chi connectivity index (χ2v) is 6.17. The van der Waals surface area contributed by atoms with Gasteiger partial charge in [0, 0.05) is 20.1 Å². The molecule has 0 bridgehead atoms. The summed E-state index contributed by atoms with van der Waals surface area (Å²) >= 11 is 0. The molecule has 0 aromatic carbocycles. The predicted octanol–water partition coefficient (Wildman–Crippen LogP) is 1.66. The maximum atomic E-state index is 12.1. The molecule has 0 radical (unpaired) electrons. The van der Waals surface area contributed by atoms with Crippen LogP contribution in [-0.2, 0) is 4.79 Å². The summed E-state index contributed by atoms with van der Waals surface area (Å²) in [5.41, 5.74) is -0.258. The van der Waals surface area contributed by atoms with Crippen LogP contribution >= 0.6 is 0 Å². The lowest BCUT2D eigenvalue weighted by molar-refractivity contribution is -0.140. The van der Waals surface area contributed by atoms with Crippen molar-refractivity contribution < 1.29 is 14.7 Å². The molecule has 0 aliphatic heterocycles. The molecule has 21 heavy (non-hydrogen) atoms. The van der Waals surface area contributed by atoms with Crippen molar-refractivity contribution in [1.29, 1.82) is 0 Å². The lowest BCUT2D eigenvalue weighted by atomic mass is 9.72. The SMILES string of the molecule is CNCCCN(C)C(=O)NCC1(CC(=O)O)CCCCC1. The molecule has 1 rings (SSSR count). The summed E-state index contributed by atoms with van der Waals surface area (Å²) in [6, 6.07) is -0.110. The smallest absolute Gasteiger partial charge is 0.317 e. The van der Waals surface area contributed by atoms with Crippen LogP contribution in [-0.4, -0.2) is 55.7 Å². The zero-order valence-corrected chi connectivity index (χ0v) is 13.3. The van der Waals surface area contributed by atoms with E-state index in [1.165, 1.54) is 6.42 Å². The molecule has 122 valence electrons. The van der Waals surface area contributed by atoms with Gasteiger partial charge in [0.2, 0.25) is 0 Å². The number of nitrogens with one attached hydrogen (secondary N) is 2. The van der Waals surface area contributed by atoms with Crippen molar-refractivity contribution in [1.82, 2.24) is 15.5 Å². The Balaban J connectivity index is 2.44. The number of carboxylic acid groups (broad SMARTS) is 1. The highest BCUT2D eigenvalue weighted by Gasteiger charge is 2.34. The number of rotatable bonds is 8. The molecule has 0 aromatic heterocycles. The van der Waals surface area contributed by atoms with E-state index in [1.807, 2.05) is 7.05 Å². The Morgan fingerprint density at radius 1 is 1.24 bits per heavy atom. The number of urea groups is 1.